The van der Waals surface area contributed by atoms with E-state index in [0.717, 1.165) is 10.0 Å². The van der Waals surface area contributed by atoms with E-state index in [0.29, 0.717) is 12.1 Å². The van der Waals surface area contributed by atoms with Gasteiger partial charge in [0.2, 0.25) is 0 Å². The van der Waals surface area contributed by atoms with Gasteiger partial charge in [0.1, 0.15) is 0 Å². The molecule has 1 rings (SSSR count). The van der Waals surface area contributed by atoms with Crippen LogP contribution in [0, 0.1) is 6.92 Å². The maximum atomic E-state index is 12.0. The Balaban J connectivity index is 2.62. The zero-order valence-electron chi connectivity index (χ0n) is 11.8. The Morgan fingerprint density at radius 3 is 2.63 bits per heavy atom. The van der Waals surface area contributed by atoms with Gasteiger partial charge in [-0.1, -0.05) is 22.0 Å². The second-order valence-corrected chi connectivity index (χ2v) is 6.24. The van der Waals surface area contributed by atoms with E-state index >= 15 is 0 Å². The van der Waals surface area contributed by atoms with Gasteiger partial charge in [-0.2, -0.15) is 0 Å². The number of hydrogen-bond donors (Lipinski definition) is 2. The molecule has 0 heterocycles. The first-order valence-electron chi connectivity index (χ1n) is 6.13. The Morgan fingerprint density at radius 1 is 1.47 bits per heavy atom. The summed E-state index contributed by atoms with van der Waals surface area (Å²) >= 11 is 3.40. The molecule has 106 valence electrons. The van der Waals surface area contributed by atoms with Gasteiger partial charge in [-0.15, -0.1) is 0 Å². The molecule has 0 aliphatic rings. The quantitative estimate of drug-likeness (QED) is 0.866. The number of halogens is 1. The highest BCUT2D eigenvalue weighted by Gasteiger charge is 2.22. The SMILES string of the molecule is Cc1ccc(C(=O)NCC(C)(O)CN(C)C)cc1Br. The van der Waals surface area contributed by atoms with Crippen LogP contribution >= 0.6 is 15.9 Å². The van der Waals surface area contributed by atoms with Crippen molar-refractivity contribution in [3.05, 3.63) is 33.8 Å². The minimum absolute atomic E-state index is 0.181. The van der Waals surface area contributed by atoms with E-state index in [9.17, 15) is 9.90 Å². The van der Waals surface area contributed by atoms with Crippen molar-refractivity contribution in [2.24, 2.45) is 0 Å². The fraction of sp³-hybridized carbons (Fsp3) is 0.500. The Labute approximate surface area is 122 Å². The van der Waals surface area contributed by atoms with Crippen LogP contribution in [0.4, 0.5) is 0 Å². The number of nitrogens with zero attached hydrogens (tertiary/aromatic N) is 1. The first-order valence-corrected chi connectivity index (χ1v) is 6.92. The normalized spacial score (nSPS) is 14.3. The highest BCUT2D eigenvalue weighted by Crippen LogP contribution is 2.17. The number of carbonyl (C=O) groups is 1. The van der Waals surface area contributed by atoms with E-state index < -0.39 is 5.60 Å². The van der Waals surface area contributed by atoms with Gasteiger partial charge in [-0.3, -0.25) is 4.79 Å². The summed E-state index contributed by atoms with van der Waals surface area (Å²) in [6.45, 7) is 4.38. The Kier molecular flexibility index (Phi) is 5.52. The van der Waals surface area contributed by atoms with Crippen LogP contribution in [0.1, 0.15) is 22.8 Å². The van der Waals surface area contributed by atoms with Crippen LogP contribution in [-0.4, -0.2) is 48.7 Å². The van der Waals surface area contributed by atoms with Gasteiger partial charge in [-0.25, -0.2) is 0 Å². The predicted molar refractivity (Wildman–Crippen MR) is 80.4 cm³/mol. The summed E-state index contributed by atoms with van der Waals surface area (Å²) < 4.78 is 0.903. The Morgan fingerprint density at radius 2 is 2.11 bits per heavy atom. The van der Waals surface area contributed by atoms with Crippen molar-refractivity contribution in [3.8, 4) is 0 Å². The van der Waals surface area contributed by atoms with Crippen molar-refractivity contribution in [1.29, 1.82) is 0 Å². The van der Waals surface area contributed by atoms with Gasteiger partial charge in [0, 0.05) is 23.1 Å². The largest absolute Gasteiger partial charge is 0.387 e. The molecular weight excluding hydrogens is 308 g/mol. The molecule has 0 saturated heterocycles. The lowest BCUT2D eigenvalue weighted by atomic mass is 10.1. The van der Waals surface area contributed by atoms with E-state index in [1.807, 2.05) is 32.0 Å². The molecule has 0 aliphatic carbocycles. The van der Waals surface area contributed by atoms with Crippen LogP contribution in [0.25, 0.3) is 0 Å². The molecule has 0 fully saturated rings. The van der Waals surface area contributed by atoms with Crippen molar-refractivity contribution >= 4 is 21.8 Å². The molecule has 1 amide bonds. The number of nitrogens with one attached hydrogen (secondary N) is 1. The topological polar surface area (TPSA) is 52.6 Å². The summed E-state index contributed by atoms with van der Waals surface area (Å²) in [5.74, 6) is -0.181. The number of aliphatic hydroxyl groups is 1. The highest BCUT2D eigenvalue weighted by molar-refractivity contribution is 9.10. The molecule has 2 N–H and O–H groups in total. The number of rotatable bonds is 5. The molecule has 0 bridgehead atoms. The fourth-order valence-electron chi connectivity index (χ4n) is 1.84. The monoisotopic (exact) mass is 328 g/mol. The van der Waals surface area contributed by atoms with Crippen LogP contribution in [0.2, 0.25) is 0 Å². The van der Waals surface area contributed by atoms with E-state index in [2.05, 4.69) is 21.2 Å². The number of benzene rings is 1. The van der Waals surface area contributed by atoms with Gasteiger partial charge in [-0.05, 0) is 45.6 Å². The molecule has 0 spiro atoms. The number of likely N-dealkylation sites (N-methyl/N-ethyl adjacent to an activating group) is 1. The smallest absolute Gasteiger partial charge is 0.251 e. The third-order valence-electron chi connectivity index (χ3n) is 2.72. The van der Waals surface area contributed by atoms with Gasteiger partial charge in [0.15, 0.2) is 0 Å². The summed E-state index contributed by atoms with van der Waals surface area (Å²) in [5, 5.41) is 12.9. The molecule has 0 radical (unpaired) electrons. The van der Waals surface area contributed by atoms with Crippen molar-refractivity contribution in [2.45, 2.75) is 19.4 Å². The van der Waals surface area contributed by atoms with E-state index in [1.165, 1.54) is 0 Å². The summed E-state index contributed by atoms with van der Waals surface area (Å²) in [6.07, 6.45) is 0. The number of aryl methyl sites for hydroxylation is 1. The van der Waals surface area contributed by atoms with Gasteiger partial charge >= 0.3 is 0 Å². The first kappa shape index (κ1) is 16.1. The molecule has 0 aliphatic heterocycles. The van der Waals surface area contributed by atoms with Gasteiger partial charge in [0.25, 0.3) is 5.91 Å². The summed E-state index contributed by atoms with van der Waals surface area (Å²) in [5.41, 5.74) is 0.718. The molecule has 0 saturated carbocycles. The van der Waals surface area contributed by atoms with E-state index in [-0.39, 0.29) is 12.5 Å². The maximum absolute atomic E-state index is 12.0. The molecule has 1 unspecified atom stereocenters. The lowest BCUT2D eigenvalue weighted by molar-refractivity contribution is 0.0326. The molecular formula is C14H21BrN2O2. The van der Waals surface area contributed by atoms with Crippen LogP contribution < -0.4 is 5.32 Å². The van der Waals surface area contributed by atoms with Crippen LogP contribution in [0.15, 0.2) is 22.7 Å². The number of hydrogen-bond acceptors (Lipinski definition) is 3. The van der Waals surface area contributed by atoms with Crippen LogP contribution in [0.5, 0.6) is 0 Å². The second-order valence-electron chi connectivity index (χ2n) is 5.38. The van der Waals surface area contributed by atoms with Crippen molar-refractivity contribution < 1.29 is 9.90 Å². The molecule has 1 aromatic rings. The maximum Gasteiger partial charge on any atom is 0.251 e. The highest BCUT2D eigenvalue weighted by atomic mass is 79.9. The lowest BCUT2D eigenvalue weighted by Gasteiger charge is -2.27. The zero-order valence-corrected chi connectivity index (χ0v) is 13.4. The van der Waals surface area contributed by atoms with Gasteiger partial charge < -0.3 is 15.3 Å². The van der Waals surface area contributed by atoms with Crippen molar-refractivity contribution in [2.75, 3.05) is 27.2 Å². The van der Waals surface area contributed by atoms with Crippen LogP contribution in [-0.2, 0) is 0 Å². The van der Waals surface area contributed by atoms with E-state index in [4.69, 9.17) is 0 Å². The Bertz CT molecular complexity index is 459. The third kappa shape index (κ3) is 5.30. The summed E-state index contributed by atoms with van der Waals surface area (Å²) in [6, 6.07) is 5.44. The summed E-state index contributed by atoms with van der Waals surface area (Å²) in [4.78, 5) is 13.9. The molecule has 5 heteroatoms. The van der Waals surface area contributed by atoms with Crippen molar-refractivity contribution in [3.63, 3.8) is 0 Å². The predicted octanol–water partition coefficient (Wildman–Crippen LogP) is 1.80. The molecule has 4 nitrogen and oxygen atoms in total. The Hall–Kier alpha value is -0.910. The van der Waals surface area contributed by atoms with Gasteiger partial charge in [0.05, 0.1) is 5.60 Å². The number of amides is 1. The minimum Gasteiger partial charge on any atom is -0.387 e. The zero-order chi connectivity index (χ0) is 14.6. The van der Waals surface area contributed by atoms with Crippen molar-refractivity contribution in [1.82, 2.24) is 10.2 Å². The fourth-order valence-corrected chi connectivity index (χ4v) is 2.22. The molecule has 19 heavy (non-hydrogen) atoms. The molecule has 1 aromatic carbocycles. The third-order valence-corrected chi connectivity index (χ3v) is 3.57. The standard InChI is InChI=1S/C14H21BrN2O2/c1-10-5-6-11(7-12(10)15)13(18)16-8-14(2,19)9-17(3)4/h5-7,19H,8-9H2,1-4H3,(H,16,18). The average molecular weight is 329 g/mol. The lowest BCUT2D eigenvalue weighted by Crippen LogP contribution is -2.47. The molecule has 1 atom stereocenters. The summed E-state index contributed by atoms with van der Waals surface area (Å²) in [7, 11) is 3.76. The average Bonchev–Trinajstić information content (AvgIpc) is 2.28. The van der Waals surface area contributed by atoms with E-state index in [1.54, 1.807) is 19.1 Å². The van der Waals surface area contributed by atoms with Crippen LogP contribution in [0.3, 0.4) is 0 Å². The molecule has 0 aromatic heterocycles. The minimum atomic E-state index is -0.943. The number of carbonyl (C=O) groups excluding carboxylic acids is 1. The second kappa shape index (κ2) is 6.50. The first-order chi connectivity index (χ1) is 8.71.